The lowest BCUT2D eigenvalue weighted by Gasteiger charge is -2.21. The number of nitrogens with one attached hydrogen (secondary N) is 1. The van der Waals surface area contributed by atoms with Gasteiger partial charge in [-0.2, -0.15) is 0 Å². The van der Waals surface area contributed by atoms with Crippen molar-refractivity contribution in [1.82, 2.24) is 4.90 Å². The first kappa shape index (κ1) is 9.97. The van der Waals surface area contributed by atoms with E-state index in [4.69, 9.17) is 11.1 Å². The molecule has 0 unspecified atom stereocenters. The molecule has 14 heavy (non-hydrogen) atoms. The van der Waals surface area contributed by atoms with Gasteiger partial charge in [0.05, 0.1) is 5.84 Å². The summed E-state index contributed by atoms with van der Waals surface area (Å²) in [6.07, 6.45) is 6.42. The molecule has 0 atom stereocenters. The Hall–Kier alpha value is -0.570. The van der Waals surface area contributed by atoms with Gasteiger partial charge in [-0.15, -0.1) is 0 Å². The van der Waals surface area contributed by atoms with Crippen LogP contribution in [0.4, 0.5) is 0 Å². The maximum Gasteiger partial charge on any atom is 0.0918 e. The minimum atomic E-state index is 0.335. The van der Waals surface area contributed by atoms with Gasteiger partial charge in [-0.05, 0) is 37.5 Å². The summed E-state index contributed by atoms with van der Waals surface area (Å²) in [6.45, 7) is 3.51. The van der Waals surface area contributed by atoms with Crippen molar-refractivity contribution < 1.29 is 0 Å². The Balaban J connectivity index is 1.68. The average Bonchev–Trinajstić information content (AvgIpc) is 2.93. The molecule has 0 amide bonds. The number of hydrogen-bond acceptors (Lipinski definition) is 2. The molecular formula is C11H21N3. The predicted molar refractivity (Wildman–Crippen MR) is 58.4 cm³/mol. The van der Waals surface area contributed by atoms with E-state index in [1.165, 1.54) is 38.8 Å². The van der Waals surface area contributed by atoms with Gasteiger partial charge in [0.15, 0.2) is 0 Å². The van der Waals surface area contributed by atoms with Crippen molar-refractivity contribution in [1.29, 1.82) is 5.41 Å². The van der Waals surface area contributed by atoms with Crippen LogP contribution in [0.2, 0.25) is 0 Å². The van der Waals surface area contributed by atoms with E-state index in [1.807, 2.05) is 0 Å². The van der Waals surface area contributed by atoms with E-state index in [9.17, 15) is 0 Å². The summed E-state index contributed by atoms with van der Waals surface area (Å²) < 4.78 is 0. The lowest BCUT2D eigenvalue weighted by molar-refractivity contribution is 0.259. The van der Waals surface area contributed by atoms with Crippen LogP contribution in [0.25, 0.3) is 0 Å². The minimum absolute atomic E-state index is 0.335. The van der Waals surface area contributed by atoms with Crippen LogP contribution < -0.4 is 5.73 Å². The molecule has 0 radical (unpaired) electrons. The lowest BCUT2D eigenvalue weighted by Crippen LogP contribution is -2.31. The van der Waals surface area contributed by atoms with Gasteiger partial charge in [0, 0.05) is 26.1 Å². The van der Waals surface area contributed by atoms with E-state index < -0.39 is 0 Å². The number of amidine groups is 1. The average molecular weight is 195 g/mol. The SMILES string of the molecule is N=C(N)CCN(CC1CC1)CC1CC1. The van der Waals surface area contributed by atoms with Crippen molar-refractivity contribution in [3.63, 3.8) is 0 Å². The van der Waals surface area contributed by atoms with Crippen LogP contribution in [0.15, 0.2) is 0 Å². The first-order valence-electron chi connectivity index (χ1n) is 5.79. The van der Waals surface area contributed by atoms with Crippen LogP contribution in [0.1, 0.15) is 32.1 Å². The zero-order valence-electron chi connectivity index (χ0n) is 8.84. The molecule has 3 N–H and O–H groups in total. The van der Waals surface area contributed by atoms with Crippen LogP contribution in [-0.2, 0) is 0 Å². The Labute approximate surface area is 86.2 Å². The highest BCUT2D eigenvalue weighted by Gasteiger charge is 2.28. The van der Waals surface area contributed by atoms with Crippen molar-refractivity contribution >= 4 is 5.84 Å². The molecule has 0 spiro atoms. The summed E-state index contributed by atoms with van der Waals surface area (Å²) in [5, 5.41) is 7.23. The second-order valence-electron chi connectivity index (χ2n) is 4.92. The van der Waals surface area contributed by atoms with E-state index in [-0.39, 0.29) is 0 Å². The molecule has 80 valence electrons. The summed E-state index contributed by atoms with van der Waals surface area (Å²) in [6, 6.07) is 0. The molecule has 2 saturated carbocycles. The van der Waals surface area contributed by atoms with Crippen molar-refractivity contribution in [2.24, 2.45) is 17.6 Å². The Kier molecular flexibility index (Phi) is 3.06. The summed E-state index contributed by atoms with van der Waals surface area (Å²) in [5.74, 6) is 2.25. The number of nitrogens with zero attached hydrogens (tertiary/aromatic N) is 1. The normalized spacial score (nSPS) is 21.5. The Bertz CT molecular complexity index is 193. The van der Waals surface area contributed by atoms with Crippen molar-refractivity contribution in [3.05, 3.63) is 0 Å². The molecule has 0 aromatic rings. The van der Waals surface area contributed by atoms with Gasteiger partial charge in [-0.1, -0.05) is 0 Å². The van der Waals surface area contributed by atoms with Gasteiger partial charge in [-0.25, -0.2) is 0 Å². The Morgan fingerprint density at radius 2 is 1.64 bits per heavy atom. The fourth-order valence-corrected chi connectivity index (χ4v) is 1.87. The van der Waals surface area contributed by atoms with Gasteiger partial charge in [-0.3, -0.25) is 5.41 Å². The van der Waals surface area contributed by atoms with Gasteiger partial charge in [0.2, 0.25) is 0 Å². The van der Waals surface area contributed by atoms with Crippen LogP contribution in [0.3, 0.4) is 0 Å². The molecule has 2 aliphatic rings. The van der Waals surface area contributed by atoms with E-state index in [0.717, 1.165) is 24.8 Å². The van der Waals surface area contributed by atoms with E-state index in [2.05, 4.69) is 4.90 Å². The molecule has 0 aromatic heterocycles. The molecule has 0 saturated heterocycles. The standard InChI is InChI=1S/C11H21N3/c12-11(13)5-6-14(7-9-1-2-9)8-10-3-4-10/h9-10H,1-8H2,(H3,12,13). The second-order valence-corrected chi connectivity index (χ2v) is 4.92. The lowest BCUT2D eigenvalue weighted by atomic mass is 10.2. The zero-order valence-corrected chi connectivity index (χ0v) is 8.84. The van der Waals surface area contributed by atoms with Crippen molar-refractivity contribution in [2.75, 3.05) is 19.6 Å². The maximum absolute atomic E-state index is 7.23. The van der Waals surface area contributed by atoms with E-state index in [0.29, 0.717) is 5.84 Å². The highest BCUT2D eigenvalue weighted by molar-refractivity contribution is 5.76. The minimum Gasteiger partial charge on any atom is -0.388 e. The molecule has 0 bridgehead atoms. The molecule has 2 aliphatic carbocycles. The summed E-state index contributed by atoms with van der Waals surface area (Å²) in [5.41, 5.74) is 5.39. The molecule has 2 fully saturated rings. The topological polar surface area (TPSA) is 53.1 Å². The van der Waals surface area contributed by atoms with Gasteiger partial charge >= 0.3 is 0 Å². The molecule has 0 aromatic carbocycles. The third-order valence-electron chi connectivity index (χ3n) is 3.12. The fourth-order valence-electron chi connectivity index (χ4n) is 1.87. The quantitative estimate of drug-likeness (QED) is 0.477. The van der Waals surface area contributed by atoms with Gasteiger partial charge < -0.3 is 10.6 Å². The van der Waals surface area contributed by atoms with Gasteiger partial charge in [0.1, 0.15) is 0 Å². The molecular weight excluding hydrogens is 174 g/mol. The summed E-state index contributed by atoms with van der Waals surface area (Å²) >= 11 is 0. The van der Waals surface area contributed by atoms with E-state index >= 15 is 0 Å². The predicted octanol–water partition coefficient (Wildman–Crippen LogP) is 1.43. The summed E-state index contributed by atoms with van der Waals surface area (Å²) in [4.78, 5) is 2.52. The maximum atomic E-state index is 7.23. The van der Waals surface area contributed by atoms with E-state index in [1.54, 1.807) is 0 Å². The monoisotopic (exact) mass is 195 g/mol. The Morgan fingerprint density at radius 1 is 1.14 bits per heavy atom. The number of hydrogen-bond donors (Lipinski definition) is 2. The highest BCUT2D eigenvalue weighted by atomic mass is 15.1. The smallest absolute Gasteiger partial charge is 0.0918 e. The molecule has 3 nitrogen and oxygen atoms in total. The highest BCUT2D eigenvalue weighted by Crippen LogP contribution is 2.33. The van der Waals surface area contributed by atoms with Crippen LogP contribution >= 0.6 is 0 Å². The number of nitrogens with two attached hydrogens (primary N) is 1. The van der Waals surface area contributed by atoms with Crippen molar-refractivity contribution in [2.45, 2.75) is 32.1 Å². The van der Waals surface area contributed by atoms with Gasteiger partial charge in [0.25, 0.3) is 0 Å². The fraction of sp³-hybridized carbons (Fsp3) is 0.909. The zero-order chi connectivity index (χ0) is 9.97. The van der Waals surface area contributed by atoms with Crippen LogP contribution in [0, 0.1) is 17.2 Å². The largest absolute Gasteiger partial charge is 0.388 e. The molecule has 0 aliphatic heterocycles. The van der Waals surface area contributed by atoms with Crippen LogP contribution in [-0.4, -0.2) is 30.4 Å². The first-order chi connectivity index (χ1) is 6.74. The summed E-state index contributed by atoms with van der Waals surface area (Å²) in [7, 11) is 0. The molecule has 0 heterocycles. The second kappa shape index (κ2) is 4.30. The molecule has 2 rings (SSSR count). The first-order valence-corrected chi connectivity index (χ1v) is 5.79. The molecule has 3 heteroatoms. The third-order valence-corrected chi connectivity index (χ3v) is 3.12. The third kappa shape index (κ3) is 3.66. The number of rotatable bonds is 7. The van der Waals surface area contributed by atoms with Crippen LogP contribution in [0.5, 0.6) is 0 Å². The Morgan fingerprint density at radius 3 is 2.00 bits per heavy atom. The van der Waals surface area contributed by atoms with Crippen molar-refractivity contribution in [3.8, 4) is 0 Å².